The van der Waals surface area contributed by atoms with Crippen LogP contribution in [0.25, 0.3) is 0 Å². The highest BCUT2D eigenvalue weighted by atomic mass is 127. The topological polar surface area (TPSA) is 72.8 Å². The van der Waals surface area contributed by atoms with Crippen molar-refractivity contribution >= 4 is 0 Å². The molecule has 0 amide bonds. The monoisotopic (exact) mass is 428 g/mol. The Morgan fingerprint density at radius 2 is 1.36 bits per heavy atom. The average molecular weight is 428 g/mol. The fourth-order valence-corrected chi connectivity index (χ4v) is 2.54. The van der Waals surface area contributed by atoms with Gasteiger partial charge >= 0.3 is 21.1 Å². The lowest BCUT2D eigenvalue weighted by Crippen LogP contribution is -3.98. The maximum atomic E-state index is 8.68. The molecule has 1 rings (SSSR count). The zero-order valence-electron chi connectivity index (χ0n) is 14.2. The molecular weight excluding hydrogens is 395 g/mol. The van der Waals surface area contributed by atoms with Crippen LogP contribution in [-0.2, 0) is 0 Å². The van der Waals surface area contributed by atoms with E-state index in [9.17, 15) is 0 Å². The van der Waals surface area contributed by atoms with Crippen LogP contribution in [0.1, 0.15) is 71.1 Å². The molecule has 6 heteroatoms. The Morgan fingerprint density at radius 1 is 0.909 bits per heavy atom. The molecule has 1 N–H and O–H groups in total. The van der Waals surface area contributed by atoms with Crippen LogP contribution in [0, 0.1) is 0 Å². The SMILES string of the molecule is CCCCCCCCCCCCN1C=CN(C)C1.[O-][I+2]([O-])O. The molecular formula is C16H33IN2O3. The molecule has 0 aliphatic carbocycles. The number of hydrogen-bond donors (Lipinski definition) is 1. The minimum atomic E-state index is -3.76. The van der Waals surface area contributed by atoms with E-state index in [0.29, 0.717) is 0 Å². The Balaban J connectivity index is 0.000000980. The zero-order chi connectivity index (χ0) is 16.6. The molecule has 0 fully saturated rings. The third-order valence-corrected chi connectivity index (χ3v) is 3.74. The molecule has 5 nitrogen and oxygen atoms in total. The predicted molar refractivity (Wildman–Crippen MR) is 82.5 cm³/mol. The van der Waals surface area contributed by atoms with Gasteiger partial charge in [0.05, 0.1) is 6.67 Å². The van der Waals surface area contributed by atoms with E-state index in [1.165, 1.54) is 70.8 Å². The van der Waals surface area contributed by atoms with Gasteiger partial charge in [0.1, 0.15) is 0 Å². The Bertz CT molecular complexity index is 263. The quantitative estimate of drug-likeness (QED) is 0.326. The first kappa shape index (κ1) is 21.9. The van der Waals surface area contributed by atoms with E-state index >= 15 is 0 Å². The predicted octanol–water partition coefficient (Wildman–Crippen LogP) is -1.35. The van der Waals surface area contributed by atoms with Crippen LogP contribution in [0.2, 0.25) is 0 Å². The molecule has 0 saturated heterocycles. The number of hydrogen-bond acceptors (Lipinski definition) is 5. The first-order chi connectivity index (χ1) is 10.6. The smallest absolute Gasteiger partial charge is 0.396 e. The summed E-state index contributed by atoms with van der Waals surface area (Å²) in [5.41, 5.74) is 0. The van der Waals surface area contributed by atoms with Crippen LogP contribution in [0.5, 0.6) is 0 Å². The van der Waals surface area contributed by atoms with Gasteiger partial charge in [0, 0.05) is 26.0 Å². The Hall–Kier alpha value is -0.0500. The summed E-state index contributed by atoms with van der Waals surface area (Å²) in [6, 6.07) is 0. The van der Waals surface area contributed by atoms with Gasteiger partial charge in [-0.15, -0.1) is 0 Å². The van der Waals surface area contributed by atoms with Gasteiger partial charge in [0.15, 0.2) is 0 Å². The van der Waals surface area contributed by atoms with Crippen LogP contribution in [0.3, 0.4) is 0 Å². The van der Waals surface area contributed by atoms with Gasteiger partial charge < -0.3 is 16.7 Å². The van der Waals surface area contributed by atoms with E-state index in [0.717, 1.165) is 6.67 Å². The second-order valence-corrected chi connectivity index (χ2v) is 7.04. The Morgan fingerprint density at radius 3 is 1.77 bits per heavy atom. The summed E-state index contributed by atoms with van der Waals surface area (Å²) < 4.78 is 24.5. The highest BCUT2D eigenvalue weighted by Gasteiger charge is 2.06. The molecule has 0 saturated carbocycles. The van der Waals surface area contributed by atoms with Gasteiger partial charge in [-0.1, -0.05) is 64.7 Å². The normalized spacial score (nSPS) is 13.7. The number of unbranched alkanes of at least 4 members (excludes halogenated alkanes) is 9. The van der Waals surface area contributed by atoms with Crippen molar-refractivity contribution in [1.29, 1.82) is 0 Å². The Labute approximate surface area is 145 Å². The minimum Gasteiger partial charge on any atom is -0.396 e. The van der Waals surface area contributed by atoms with Gasteiger partial charge in [-0.2, -0.15) is 0 Å². The van der Waals surface area contributed by atoms with Crippen molar-refractivity contribution < 1.29 is 31.4 Å². The van der Waals surface area contributed by atoms with Crippen LogP contribution in [-0.4, -0.2) is 33.5 Å². The number of halogens is 1. The van der Waals surface area contributed by atoms with Gasteiger partial charge in [-0.25, -0.2) is 0 Å². The van der Waals surface area contributed by atoms with Gasteiger partial charge in [0.25, 0.3) is 0 Å². The van der Waals surface area contributed by atoms with Crippen LogP contribution >= 0.6 is 0 Å². The summed E-state index contributed by atoms with van der Waals surface area (Å²) in [4.78, 5) is 4.64. The molecule has 0 radical (unpaired) electrons. The van der Waals surface area contributed by atoms with Crippen molar-refractivity contribution in [2.45, 2.75) is 71.1 Å². The zero-order valence-corrected chi connectivity index (χ0v) is 16.3. The molecule has 0 spiro atoms. The fraction of sp³-hybridized carbons (Fsp3) is 0.875. The van der Waals surface area contributed by atoms with E-state index in [-0.39, 0.29) is 0 Å². The standard InChI is InChI=1S/C16H32N2.HIO3/c1-3-4-5-6-7-8-9-10-11-12-13-18-15-14-17(2)16-18;2-1(3)4/h14-15H,3-13,16H2,1-2H3;2H. The van der Waals surface area contributed by atoms with Crippen molar-refractivity contribution in [3.63, 3.8) is 0 Å². The summed E-state index contributed by atoms with van der Waals surface area (Å²) >= 11 is -3.76. The highest BCUT2D eigenvalue weighted by Crippen LogP contribution is 2.11. The maximum absolute atomic E-state index is 8.68. The molecule has 22 heavy (non-hydrogen) atoms. The van der Waals surface area contributed by atoms with Crippen molar-refractivity contribution in [2.75, 3.05) is 20.3 Å². The maximum Gasteiger partial charge on any atom is 0.503 e. The molecule has 132 valence electrons. The third kappa shape index (κ3) is 16.3. The summed E-state index contributed by atoms with van der Waals surface area (Å²) in [6.45, 7) is 4.60. The van der Waals surface area contributed by atoms with Crippen molar-refractivity contribution in [3.8, 4) is 0 Å². The van der Waals surface area contributed by atoms with Gasteiger partial charge in [-0.3, -0.25) is 0 Å². The molecule has 1 heterocycles. The van der Waals surface area contributed by atoms with Crippen LogP contribution < -0.4 is 27.9 Å². The van der Waals surface area contributed by atoms with Crippen LogP contribution in [0.15, 0.2) is 12.4 Å². The fourth-order valence-electron chi connectivity index (χ4n) is 2.54. The molecule has 0 atom stereocenters. The molecule has 1 aliphatic rings. The van der Waals surface area contributed by atoms with Gasteiger partial charge in [-0.05, 0) is 9.86 Å². The minimum absolute atomic E-state index is 1.08. The molecule has 1 aliphatic heterocycles. The lowest BCUT2D eigenvalue weighted by molar-refractivity contribution is -1.63. The molecule has 0 aromatic rings. The second-order valence-electron chi connectivity index (χ2n) is 5.89. The van der Waals surface area contributed by atoms with Gasteiger partial charge in [0.2, 0.25) is 0 Å². The first-order valence-corrected chi connectivity index (χ1v) is 11.2. The van der Waals surface area contributed by atoms with E-state index < -0.39 is 21.1 Å². The molecule has 0 aromatic heterocycles. The van der Waals surface area contributed by atoms with E-state index in [4.69, 9.17) is 10.3 Å². The average Bonchev–Trinajstić information content (AvgIpc) is 2.86. The molecule has 0 unspecified atom stereocenters. The summed E-state index contributed by atoms with van der Waals surface area (Å²) in [5, 5.41) is 0. The summed E-state index contributed by atoms with van der Waals surface area (Å²) in [6.07, 6.45) is 18.6. The first-order valence-electron chi connectivity index (χ1n) is 8.43. The number of rotatable bonds is 11. The van der Waals surface area contributed by atoms with Crippen molar-refractivity contribution in [2.24, 2.45) is 0 Å². The van der Waals surface area contributed by atoms with E-state index in [2.05, 4.69) is 36.2 Å². The third-order valence-electron chi connectivity index (χ3n) is 3.74. The second kappa shape index (κ2) is 15.8. The lowest BCUT2D eigenvalue weighted by Gasteiger charge is -2.17. The highest BCUT2D eigenvalue weighted by molar-refractivity contribution is 4.88. The van der Waals surface area contributed by atoms with E-state index in [1.54, 1.807) is 0 Å². The van der Waals surface area contributed by atoms with Crippen LogP contribution in [0.4, 0.5) is 0 Å². The molecule has 0 bridgehead atoms. The van der Waals surface area contributed by atoms with Crippen molar-refractivity contribution in [3.05, 3.63) is 12.4 Å². The van der Waals surface area contributed by atoms with Crippen molar-refractivity contribution in [1.82, 2.24) is 9.80 Å². The lowest BCUT2D eigenvalue weighted by atomic mass is 10.1. The number of nitrogens with zero attached hydrogens (tertiary/aromatic N) is 2. The Kier molecular flexibility index (Phi) is 15.8. The summed E-state index contributed by atoms with van der Waals surface area (Å²) in [7, 11) is 2.13. The summed E-state index contributed by atoms with van der Waals surface area (Å²) in [5.74, 6) is 0. The molecule has 0 aromatic carbocycles. The largest absolute Gasteiger partial charge is 0.503 e. The van der Waals surface area contributed by atoms with E-state index in [1.807, 2.05) is 0 Å².